The molecule has 0 radical (unpaired) electrons. The SMILES string of the molecule is CCNC(=NCc1cnc(C)s1)Nc1cccc(OCCCOC)c1.I. The van der Waals surface area contributed by atoms with Crippen molar-refractivity contribution in [1.82, 2.24) is 10.3 Å². The van der Waals surface area contributed by atoms with E-state index in [1.807, 2.05) is 44.3 Å². The van der Waals surface area contributed by atoms with Crippen LogP contribution in [-0.4, -0.2) is 37.8 Å². The highest BCUT2D eigenvalue weighted by atomic mass is 127. The van der Waals surface area contributed by atoms with Crippen molar-refractivity contribution in [2.45, 2.75) is 26.8 Å². The first-order valence-electron chi connectivity index (χ1n) is 8.39. The standard InChI is InChI=1S/C18H26N4O2S.HI/c1-4-19-18(21-13-17-12-20-14(2)25-17)22-15-7-5-8-16(11-15)24-10-6-9-23-3;/h5,7-8,11-12H,4,6,9-10,13H2,1-3H3,(H2,19,21,22);1H. The van der Waals surface area contributed by atoms with Crippen LogP contribution in [0.3, 0.4) is 0 Å². The average molecular weight is 490 g/mol. The molecule has 0 aliphatic rings. The topological polar surface area (TPSA) is 67.8 Å². The second-order valence-electron chi connectivity index (χ2n) is 5.39. The second kappa shape index (κ2) is 12.9. The number of nitrogens with zero attached hydrogens (tertiary/aromatic N) is 2. The lowest BCUT2D eigenvalue weighted by molar-refractivity contribution is 0.172. The highest BCUT2D eigenvalue weighted by Gasteiger charge is 2.03. The number of methoxy groups -OCH3 is 1. The molecule has 0 atom stereocenters. The predicted molar refractivity (Wildman–Crippen MR) is 119 cm³/mol. The first kappa shape index (κ1) is 22.7. The highest BCUT2D eigenvalue weighted by molar-refractivity contribution is 14.0. The third-order valence-electron chi connectivity index (χ3n) is 3.26. The summed E-state index contributed by atoms with van der Waals surface area (Å²) >= 11 is 1.67. The van der Waals surface area contributed by atoms with E-state index in [-0.39, 0.29) is 24.0 Å². The molecule has 144 valence electrons. The Balaban J connectivity index is 0.00000338. The van der Waals surface area contributed by atoms with Crippen molar-refractivity contribution < 1.29 is 9.47 Å². The fourth-order valence-electron chi connectivity index (χ4n) is 2.14. The number of guanidine groups is 1. The van der Waals surface area contributed by atoms with Gasteiger partial charge in [0, 0.05) is 49.5 Å². The Kier molecular flexibility index (Phi) is 11.2. The normalized spacial score (nSPS) is 11.0. The molecule has 0 amide bonds. The van der Waals surface area contributed by atoms with Gasteiger partial charge in [0.25, 0.3) is 0 Å². The third-order valence-corrected chi connectivity index (χ3v) is 4.16. The minimum absolute atomic E-state index is 0. The lowest BCUT2D eigenvalue weighted by Crippen LogP contribution is -2.30. The van der Waals surface area contributed by atoms with Crippen LogP contribution in [0.2, 0.25) is 0 Å². The summed E-state index contributed by atoms with van der Waals surface area (Å²) in [4.78, 5) is 10.0. The minimum atomic E-state index is 0. The van der Waals surface area contributed by atoms with E-state index in [1.54, 1.807) is 18.4 Å². The molecule has 26 heavy (non-hydrogen) atoms. The van der Waals surface area contributed by atoms with Gasteiger partial charge in [0.1, 0.15) is 5.75 Å². The molecule has 6 nitrogen and oxygen atoms in total. The minimum Gasteiger partial charge on any atom is -0.493 e. The van der Waals surface area contributed by atoms with Crippen LogP contribution in [0.25, 0.3) is 0 Å². The van der Waals surface area contributed by atoms with Gasteiger partial charge in [0.15, 0.2) is 5.96 Å². The number of ether oxygens (including phenoxy) is 2. The van der Waals surface area contributed by atoms with E-state index < -0.39 is 0 Å². The zero-order valence-electron chi connectivity index (χ0n) is 15.4. The average Bonchev–Trinajstić information content (AvgIpc) is 3.03. The molecule has 0 bridgehead atoms. The van der Waals surface area contributed by atoms with E-state index in [2.05, 4.69) is 20.6 Å². The Bertz CT molecular complexity index is 679. The van der Waals surface area contributed by atoms with Gasteiger partial charge in [-0.15, -0.1) is 35.3 Å². The molecule has 0 spiro atoms. The summed E-state index contributed by atoms with van der Waals surface area (Å²) < 4.78 is 10.8. The zero-order chi connectivity index (χ0) is 17.9. The molecule has 1 aromatic carbocycles. The van der Waals surface area contributed by atoms with Crippen molar-refractivity contribution in [3.8, 4) is 5.75 Å². The van der Waals surface area contributed by atoms with E-state index in [9.17, 15) is 0 Å². The number of benzene rings is 1. The fourth-order valence-corrected chi connectivity index (χ4v) is 2.86. The largest absolute Gasteiger partial charge is 0.493 e. The first-order valence-corrected chi connectivity index (χ1v) is 9.21. The molecule has 2 N–H and O–H groups in total. The second-order valence-corrected chi connectivity index (χ2v) is 6.71. The number of hydrogen-bond acceptors (Lipinski definition) is 5. The quantitative estimate of drug-likeness (QED) is 0.240. The molecule has 0 saturated heterocycles. The number of nitrogens with one attached hydrogen (secondary N) is 2. The molecular formula is C18H27IN4O2S. The van der Waals surface area contributed by atoms with E-state index >= 15 is 0 Å². The molecule has 2 rings (SSSR count). The summed E-state index contributed by atoms with van der Waals surface area (Å²) in [6.07, 6.45) is 2.74. The van der Waals surface area contributed by atoms with Gasteiger partial charge in [0.05, 0.1) is 18.2 Å². The van der Waals surface area contributed by atoms with Gasteiger partial charge >= 0.3 is 0 Å². The third kappa shape index (κ3) is 8.33. The number of aryl methyl sites for hydroxylation is 1. The molecule has 2 aromatic rings. The maximum absolute atomic E-state index is 5.74. The number of anilines is 1. The Hall–Kier alpha value is -1.39. The summed E-state index contributed by atoms with van der Waals surface area (Å²) in [5.74, 6) is 1.57. The number of aromatic nitrogens is 1. The first-order chi connectivity index (χ1) is 12.2. The van der Waals surface area contributed by atoms with E-state index in [0.717, 1.165) is 40.2 Å². The van der Waals surface area contributed by atoms with Crippen LogP contribution in [0.1, 0.15) is 23.2 Å². The molecule has 8 heteroatoms. The van der Waals surface area contributed by atoms with Crippen molar-refractivity contribution >= 4 is 47.0 Å². The van der Waals surface area contributed by atoms with Crippen molar-refractivity contribution in [3.63, 3.8) is 0 Å². The van der Waals surface area contributed by atoms with E-state index in [4.69, 9.17) is 9.47 Å². The smallest absolute Gasteiger partial charge is 0.196 e. The molecule has 1 aromatic heterocycles. The maximum atomic E-state index is 5.74. The van der Waals surface area contributed by atoms with Gasteiger partial charge in [-0.1, -0.05) is 6.07 Å². The van der Waals surface area contributed by atoms with Gasteiger partial charge in [0.2, 0.25) is 0 Å². The van der Waals surface area contributed by atoms with Crippen molar-refractivity contribution in [3.05, 3.63) is 40.3 Å². The molecule has 0 saturated carbocycles. The molecule has 0 fully saturated rings. The van der Waals surface area contributed by atoms with Gasteiger partial charge in [-0.3, -0.25) is 0 Å². The number of thiazole rings is 1. The van der Waals surface area contributed by atoms with E-state index in [1.165, 1.54) is 0 Å². The maximum Gasteiger partial charge on any atom is 0.196 e. The van der Waals surface area contributed by atoms with Gasteiger partial charge in [-0.2, -0.15) is 0 Å². The highest BCUT2D eigenvalue weighted by Crippen LogP contribution is 2.18. The Labute approximate surface area is 176 Å². The van der Waals surface area contributed by atoms with Crippen LogP contribution in [0.4, 0.5) is 5.69 Å². The monoisotopic (exact) mass is 490 g/mol. The summed E-state index contributed by atoms with van der Waals surface area (Å²) in [6, 6.07) is 7.87. The van der Waals surface area contributed by atoms with Crippen LogP contribution < -0.4 is 15.4 Å². The summed E-state index contributed by atoms with van der Waals surface area (Å²) in [7, 11) is 1.69. The molecular weight excluding hydrogens is 463 g/mol. The molecule has 0 unspecified atom stereocenters. The molecule has 0 aliphatic heterocycles. The molecule has 0 aliphatic carbocycles. The fraction of sp³-hybridized carbons (Fsp3) is 0.444. The lowest BCUT2D eigenvalue weighted by atomic mass is 10.3. The number of aliphatic imine (C=N–C) groups is 1. The van der Waals surface area contributed by atoms with Gasteiger partial charge < -0.3 is 20.1 Å². The molecule has 1 heterocycles. The Morgan fingerprint density at radius 2 is 2.15 bits per heavy atom. The van der Waals surface area contributed by atoms with Crippen LogP contribution in [0.5, 0.6) is 5.75 Å². The lowest BCUT2D eigenvalue weighted by Gasteiger charge is -2.12. The predicted octanol–water partition coefficient (Wildman–Crippen LogP) is 4.06. The Morgan fingerprint density at radius 3 is 2.85 bits per heavy atom. The van der Waals surface area contributed by atoms with E-state index in [0.29, 0.717) is 19.8 Å². The zero-order valence-corrected chi connectivity index (χ0v) is 18.6. The summed E-state index contributed by atoms with van der Waals surface area (Å²) in [5, 5.41) is 7.63. The van der Waals surface area contributed by atoms with Crippen LogP contribution >= 0.6 is 35.3 Å². The Morgan fingerprint density at radius 1 is 1.31 bits per heavy atom. The van der Waals surface area contributed by atoms with Gasteiger partial charge in [-0.25, -0.2) is 9.98 Å². The van der Waals surface area contributed by atoms with Crippen LogP contribution in [0, 0.1) is 6.92 Å². The summed E-state index contributed by atoms with van der Waals surface area (Å²) in [5.41, 5.74) is 0.935. The summed E-state index contributed by atoms with van der Waals surface area (Å²) in [6.45, 7) is 6.78. The van der Waals surface area contributed by atoms with Gasteiger partial charge in [-0.05, 0) is 26.0 Å². The van der Waals surface area contributed by atoms with Crippen molar-refractivity contribution in [2.24, 2.45) is 4.99 Å². The number of rotatable bonds is 9. The number of halogens is 1. The van der Waals surface area contributed by atoms with Crippen LogP contribution in [-0.2, 0) is 11.3 Å². The van der Waals surface area contributed by atoms with Crippen molar-refractivity contribution in [1.29, 1.82) is 0 Å². The van der Waals surface area contributed by atoms with Crippen LogP contribution in [0.15, 0.2) is 35.5 Å². The number of hydrogen-bond donors (Lipinski definition) is 2. The van der Waals surface area contributed by atoms with Crippen molar-refractivity contribution in [2.75, 3.05) is 32.2 Å².